The molecular weight excluding hydrogens is 360 g/mol. The second-order valence-corrected chi connectivity index (χ2v) is 5.87. The van der Waals surface area contributed by atoms with Crippen LogP contribution in [0.4, 0.5) is 0 Å². The fourth-order valence-electron chi connectivity index (χ4n) is 2.78. The van der Waals surface area contributed by atoms with Crippen LogP contribution >= 0.6 is 0 Å². The molecule has 0 bridgehead atoms. The molecule has 0 aliphatic carbocycles. The van der Waals surface area contributed by atoms with Crippen molar-refractivity contribution in [2.75, 3.05) is 21.3 Å². The molecule has 0 fully saturated rings. The molecule has 0 unspecified atom stereocenters. The average Bonchev–Trinajstić information content (AvgIpc) is 2.73. The number of methoxy groups -OCH3 is 3. The van der Waals surface area contributed by atoms with Gasteiger partial charge in [-0.15, -0.1) is 0 Å². The van der Waals surface area contributed by atoms with Crippen molar-refractivity contribution in [3.63, 3.8) is 0 Å². The minimum Gasteiger partial charge on any atom is -0.502 e. The molecule has 28 heavy (non-hydrogen) atoms. The number of hydrogen-bond acceptors (Lipinski definition) is 6. The van der Waals surface area contributed by atoms with Gasteiger partial charge in [0.15, 0.2) is 11.5 Å². The Morgan fingerprint density at radius 3 is 2.07 bits per heavy atom. The summed E-state index contributed by atoms with van der Waals surface area (Å²) in [5.74, 6) is 0.426. The van der Waals surface area contributed by atoms with Gasteiger partial charge in [-0.2, -0.15) is 5.10 Å². The molecule has 0 saturated carbocycles. The minimum atomic E-state index is -0.406. The second-order valence-electron chi connectivity index (χ2n) is 5.87. The number of carbonyl (C=O) groups is 1. The van der Waals surface area contributed by atoms with Crippen molar-refractivity contribution >= 4 is 22.9 Å². The summed E-state index contributed by atoms with van der Waals surface area (Å²) in [6.45, 7) is 0. The summed E-state index contributed by atoms with van der Waals surface area (Å²) in [6, 6.07) is 14.4. The van der Waals surface area contributed by atoms with Gasteiger partial charge in [-0.3, -0.25) is 4.79 Å². The van der Waals surface area contributed by atoms with E-state index in [4.69, 9.17) is 14.2 Å². The zero-order valence-electron chi connectivity index (χ0n) is 15.7. The number of nitrogens with one attached hydrogen (secondary N) is 1. The van der Waals surface area contributed by atoms with Gasteiger partial charge in [0, 0.05) is 5.56 Å². The molecule has 144 valence electrons. The minimum absolute atomic E-state index is 0.105. The topological polar surface area (TPSA) is 89.4 Å². The second kappa shape index (κ2) is 8.30. The number of fused-ring (bicyclic) bond motifs is 1. The zero-order chi connectivity index (χ0) is 20.1. The number of carbonyl (C=O) groups excluding carboxylic acids is 1. The van der Waals surface area contributed by atoms with Crippen LogP contribution < -0.4 is 19.6 Å². The summed E-state index contributed by atoms with van der Waals surface area (Å²) in [4.78, 5) is 12.6. The number of hydrazone groups is 1. The van der Waals surface area contributed by atoms with E-state index in [1.165, 1.54) is 27.5 Å². The van der Waals surface area contributed by atoms with E-state index < -0.39 is 5.91 Å². The van der Waals surface area contributed by atoms with E-state index in [0.29, 0.717) is 16.9 Å². The number of ether oxygens (including phenoxy) is 3. The number of amides is 1. The lowest BCUT2D eigenvalue weighted by Crippen LogP contribution is -2.18. The standard InChI is InChI=1S/C21H20N2O5/c1-26-17-11-15-7-5-4-6-14(15)10-16(17)21(25)23-22-12-13-8-18(27-2)20(24)19(9-13)28-3/h4-12,24H,1-3H3,(H,23,25)/b22-12+. The number of rotatable bonds is 6. The third-order valence-electron chi connectivity index (χ3n) is 4.19. The van der Waals surface area contributed by atoms with Crippen molar-refractivity contribution < 1.29 is 24.1 Å². The molecule has 3 aromatic carbocycles. The number of phenols is 1. The molecule has 1 amide bonds. The summed E-state index contributed by atoms with van der Waals surface area (Å²) in [6.07, 6.45) is 1.43. The average molecular weight is 380 g/mol. The first-order valence-electron chi connectivity index (χ1n) is 8.42. The number of hydrogen-bond donors (Lipinski definition) is 2. The van der Waals surface area contributed by atoms with Gasteiger partial charge in [0.1, 0.15) is 5.75 Å². The van der Waals surface area contributed by atoms with Crippen LogP contribution in [0.5, 0.6) is 23.0 Å². The molecule has 0 spiro atoms. The van der Waals surface area contributed by atoms with Crippen molar-refractivity contribution in [3.05, 3.63) is 59.7 Å². The molecule has 0 saturated heterocycles. The first kappa shape index (κ1) is 19.0. The number of benzene rings is 3. The molecule has 0 aliphatic rings. The van der Waals surface area contributed by atoms with Crippen LogP contribution in [0.3, 0.4) is 0 Å². The van der Waals surface area contributed by atoms with Gasteiger partial charge in [-0.05, 0) is 35.0 Å². The molecule has 2 N–H and O–H groups in total. The number of nitrogens with zero attached hydrogens (tertiary/aromatic N) is 1. The van der Waals surface area contributed by atoms with Crippen molar-refractivity contribution in [2.45, 2.75) is 0 Å². The summed E-state index contributed by atoms with van der Waals surface area (Å²) >= 11 is 0. The number of phenolic OH excluding ortho intramolecular Hbond substituents is 1. The molecule has 0 radical (unpaired) electrons. The predicted octanol–water partition coefficient (Wildman–Crippen LogP) is 3.34. The lowest BCUT2D eigenvalue weighted by Gasteiger charge is -2.10. The number of aromatic hydroxyl groups is 1. The Morgan fingerprint density at radius 2 is 1.50 bits per heavy atom. The molecule has 7 heteroatoms. The summed E-state index contributed by atoms with van der Waals surface area (Å²) in [7, 11) is 4.38. The van der Waals surface area contributed by atoms with E-state index in [-0.39, 0.29) is 17.2 Å². The van der Waals surface area contributed by atoms with Crippen molar-refractivity contribution in [3.8, 4) is 23.0 Å². The lowest BCUT2D eigenvalue weighted by molar-refractivity contribution is 0.0952. The molecule has 0 heterocycles. The maximum Gasteiger partial charge on any atom is 0.275 e. The Kier molecular flexibility index (Phi) is 5.64. The van der Waals surface area contributed by atoms with Gasteiger partial charge >= 0.3 is 0 Å². The molecule has 3 rings (SSSR count). The maximum atomic E-state index is 12.6. The van der Waals surface area contributed by atoms with E-state index in [1.807, 2.05) is 30.3 Å². The molecule has 0 aliphatic heterocycles. The third-order valence-corrected chi connectivity index (χ3v) is 4.19. The van der Waals surface area contributed by atoms with Gasteiger partial charge in [0.2, 0.25) is 5.75 Å². The smallest absolute Gasteiger partial charge is 0.275 e. The fourth-order valence-corrected chi connectivity index (χ4v) is 2.78. The van der Waals surface area contributed by atoms with Crippen LogP contribution in [0.25, 0.3) is 10.8 Å². The van der Waals surface area contributed by atoms with Crippen LogP contribution in [0.2, 0.25) is 0 Å². The van der Waals surface area contributed by atoms with Gasteiger partial charge in [-0.25, -0.2) is 5.43 Å². The SMILES string of the molecule is COc1cc2ccccc2cc1C(=O)N/N=C/c1cc(OC)c(O)c(OC)c1. The zero-order valence-corrected chi connectivity index (χ0v) is 15.7. The Bertz CT molecular complexity index is 1020. The third kappa shape index (κ3) is 3.83. The molecule has 7 nitrogen and oxygen atoms in total. The highest BCUT2D eigenvalue weighted by Crippen LogP contribution is 2.36. The first-order valence-corrected chi connectivity index (χ1v) is 8.42. The molecular formula is C21H20N2O5. The highest BCUT2D eigenvalue weighted by molar-refractivity contribution is 6.02. The van der Waals surface area contributed by atoms with Crippen LogP contribution in [0, 0.1) is 0 Å². The highest BCUT2D eigenvalue weighted by Gasteiger charge is 2.14. The fraction of sp³-hybridized carbons (Fsp3) is 0.143. The van der Waals surface area contributed by atoms with E-state index in [9.17, 15) is 9.90 Å². The van der Waals surface area contributed by atoms with Gasteiger partial charge < -0.3 is 19.3 Å². The Hall–Kier alpha value is -3.74. The van der Waals surface area contributed by atoms with E-state index in [2.05, 4.69) is 10.5 Å². The van der Waals surface area contributed by atoms with Crippen LogP contribution in [-0.4, -0.2) is 38.6 Å². The predicted molar refractivity (Wildman–Crippen MR) is 107 cm³/mol. The van der Waals surface area contributed by atoms with Crippen molar-refractivity contribution in [1.82, 2.24) is 5.43 Å². The molecule has 0 atom stereocenters. The normalized spacial score (nSPS) is 10.8. The van der Waals surface area contributed by atoms with Crippen LogP contribution in [-0.2, 0) is 0 Å². The maximum absolute atomic E-state index is 12.6. The highest BCUT2D eigenvalue weighted by atomic mass is 16.5. The summed E-state index contributed by atoms with van der Waals surface area (Å²) in [5, 5.41) is 15.8. The van der Waals surface area contributed by atoms with Gasteiger partial charge in [0.05, 0.1) is 33.1 Å². The molecule has 3 aromatic rings. The van der Waals surface area contributed by atoms with Crippen molar-refractivity contribution in [2.24, 2.45) is 5.10 Å². The Morgan fingerprint density at radius 1 is 0.929 bits per heavy atom. The van der Waals surface area contributed by atoms with E-state index in [0.717, 1.165) is 10.8 Å². The van der Waals surface area contributed by atoms with Crippen LogP contribution in [0.1, 0.15) is 15.9 Å². The lowest BCUT2D eigenvalue weighted by atomic mass is 10.1. The monoisotopic (exact) mass is 380 g/mol. The Labute approximate surface area is 162 Å². The van der Waals surface area contributed by atoms with Gasteiger partial charge in [0.25, 0.3) is 5.91 Å². The van der Waals surface area contributed by atoms with E-state index in [1.54, 1.807) is 18.2 Å². The van der Waals surface area contributed by atoms with E-state index >= 15 is 0 Å². The first-order chi connectivity index (χ1) is 13.6. The summed E-state index contributed by atoms with van der Waals surface area (Å²) in [5.41, 5.74) is 3.44. The summed E-state index contributed by atoms with van der Waals surface area (Å²) < 4.78 is 15.5. The van der Waals surface area contributed by atoms with Crippen LogP contribution in [0.15, 0.2) is 53.6 Å². The quantitative estimate of drug-likeness (QED) is 0.506. The van der Waals surface area contributed by atoms with Crippen molar-refractivity contribution in [1.29, 1.82) is 0 Å². The molecule has 0 aromatic heterocycles. The van der Waals surface area contributed by atoms with Gasteiger partial charge in [-0.1, -0.05) is 24.3 Å². The largest absolute Gasteiger partial charge is 0.502 e. The Balaban J connectivity index is 1.83.